The van der Waals surface area contributed by atoms with Crippen LogP contribution in [-0.4, -0.2) is 24.7 Å². The summed E-state index contributed by atoms with van der Waals surface area (Å²) in [4.78, 5) is 7.29. The zero-order valence-electron chi connectivity index (χ0n) is 11.0. The number of alkyl halides is 3. The number of nitrogens with zero attached hydrogens (tertiary/aromatic N) is 5. The van der Waals surface area contributed by atoms with E-state index in [0.717, 1.165) is 29.8 Å². The smallest absolute Gasteiger partial charge is 0.309 e. The molecule has 0 amide bonds. The van der Waals surface area contributed by atoms with E-state index in [-0.39, 0.29) is 11.1 Å². The number of hydrogen-bond donors (Lipinski definition) is 0. The van der Waals surface area contributed by atoms with Crippen molar-refractivity contribution in [3.05, 3.63) is 23.8 Å². The summed E-state index contributed by atoms with van der Waals surface area (Å²) >= 11 is 0.950. The van der Waals surface area contributed by atoms with Crippen molar-refractivity contribution in [3.63, 3.8) is 0 Å². The molecule has 2 heterocycles. The van der Waals surface area contributed by atoms with Gasteiger partial charge in [0.25, 0.3) is 0 Å². The Bertz CT molecular complexity index is 608. The van der Waals surface area contributed by atoms with Crippen LogP contribution in [0.2, 0.25) is 0 Å². The van der Waals surface area contributed by atoms with E-state index in [2.05, 4.69) is 20.2 Å². The summed E-state index contributed by atoms with van der Waals surface area (Å²) in [7, 11) is 1.76. The van der Waals surface area contributed by atoms with Crippen LogP contribution in [0.15, 0.2) is 22.6 Å². The fourth-order valence-corrected chi connectivity index (χ4v) is 2.28. The zero-order valence-corrected chi connectivity index (χ0v) is 11.8. The lowest BCUT2D eigenvalue weighted by Crippen LogP contribution is -2.09. The Morgan fingerprint density at radius 2 is 1.95 bits per heavy atom. The molecule has 0 bridgehead atoms. The second-order valence-corrected chi connectivity index (χ2v) is 5.31. The van der Waals surface area contributed by atoms with E-state index in [4.69, 9.17) is 0 Å². The first-order valence-electron chi connectivity index (χ1n) is 5.76. The third-order valence-electron chi connectivity index (χ3n) is 2.49. The van der Waals surface area contributed by atoms with Crippen molar-refractivity contribution in [2.24, 2.45) is 7.05 Å². The molecule has 0 aliphatic carbocycles. The molecule has 0 aromatic carbocycles. The van der Waals surface area contributed by atoms with Gasteiger partial charge in [0.05, 0.1) is 0 Å². The van der Waals surface area contributed by atoms with Crippen molar-refractivity contribution in [3.8, 4) is 0 Å². The molecule has 20 heavy (non-hydrogen) atoms. The first-order valence-corrected chi connectivity index (χ1v) is 6.58. The maximum absolute atomic E-state index is 12.6. The van der Waals surface area contributed by atoms with Gasteiger partial charge in [-0.3, -0.25) is 0 Å². The fraction of sp³-hybridized carbons (Fsp3) is 0.455. The summed E-state index contributed by atoms with van der Waals surface area (Å²) in [6.45, 7) is 3.92. The van der Waals surface area contributed by atoms with Gasteiger partial charge in [-0.2, -0.15) is 13.2 Å². The summed E-state index contributed by atoms with van der Waals surface area (Å²) < 4.78 is 39.4. The fourth-order valence-electron chi connectivity index (χ4n) is 1.55. The molecular weight excluding hydrogens is 291 g/mol. The minimum Gasteiger partial charge on any atom is -0.309 e. The van der Waals surface area contributed by atoms with E-state index >= 15 is 0 Å². The number of halogens is 3. The first-order chi connectivity index (χ1) is 9.29. The quantitative estimate of drug-likeness (QED) is 0.816. The second kappa shape index (κ2) is 5.39. The predicted octanol–water partition coefficient (Wildman–Crippen LogP) is 2.90. The van der Waals surface area contributed by atoms with Gasteiger partial charge in [0.2, 0.25) is 0 Å². The lowest BCUT2D eigenvalue weighted by atomic mass is 10.2. The van der Waals surface area contributed by atoms with E-state index in [1.807, 2.05) is 13.8 Å². The number of hydrogen-bond acceptors (Lipinski definition) is 5. The maximum Gasteiger partial charge on any atom is 0.433 e. The lowest BCUT2D eigenvalue weighted by Gasteiger charge is -2.07. The molecule has 0 atom stereocenters. The molecule has 0 aliphatic rings. The van der Waals surface area contributed by atoms with Crippen molar-refractivity contribution < 1.29 is 13.2 Å². The molecule has 0 N–H and O–H groups in total. The van der Waals surface area contributed by atoms with Gasteiger partial charge in [0, 0.05) is 19.2 Å². The molecule has 0 saturated carbocycles. The minimum atomic E-state index is -4.48. The largest absolute Gasteiger partial charge is 0.433 e. The van der Waals surface area contributed by atoms with Crippen molar-refractivity contribution in [2.75, 3.05) is 0 Å². The lowest BCUT2D eigenvalue weighted by molar-refractivity contribution is -0.141. The molecule has 0 spiro atoms. The summed E-state index contributed by atoms with van der Waals surface area (Å²) in [5, 5.41) is 8.38. The standard InChI is InChI=1S/C11H12F3N5S/c1-6(2)8-17-18-10(19(8)3)20-9-15-5-4-7(16-9)11(12,13)14/h4-6H,1-3H3. The molecule has 9 heteroatoms. The molecule has 2 rings (SSSR count). The van der Waals surface area contributed by atoms with E-state index in [1.165, 1.54) is 0 Å². The maximum atomic E-state index is 12.6. The highest BCUT2D eigenvalue weighted by atomic mass is 32.2. The summed E-state index contributed by atoms with van der Waals surface area (Å²) in [6, 6.07) is 0.834. The molecule has 2 aromatic heterocycles. The van der Waals surface area contributed by atoms with Crippen molar-refractivity contribution in [1.29, 1.82) is 0 Å². The van der Waals surface area contributed by atoms with Gasteiger partial charge in [0.15, 0.2) is 10.3 Å². The highest BCUT2D eigenvalue weighted by Crippen LogP contribution is 2.30. The van der Waals surface area contributed by atoms with Crippen LogP contribution in [0.4, 0.5) is 13.2 Å². The third kappa shape index (κ3) is 3.09. The summed E-state index contributed by atoms with van der Waals surface area (Å²) in [5.41, 5.74) is -0.971. The van der Waals surface area contributed by atoms with Crippen LogP contribution in [-0.2, 0) is 13.2 Å². The molecule has 5 nitrogen and oxygen atoms in total. The van der Waals surface area contributed by atoms with E-state index in [0.29, 0.717) is 5.16 Å². The number of aromatic nitrogens is 5. The van der Waals surface area contributed by atoms with Crippen LogP contribution >= 0.6 is 11.8 Å². The SMILES string of the molecule is CC(C)c1nnc(Sc2nccc(C(F)(F)F)n2)n1C. The summed E-state index contributed by atoms with van der Waals surface area (Å²) in [6.07, 6.45) is -3.40. The van der Waals surface area contributed by atoms with Crippen LogP contribution in [0, 0.1) is 0 Å². The van der Waals surface area contributed by atoms with Crippen LogP contribution in [0.1, 0.15) is 31.3 Å². The van der Waals surface area contributed by atoms with Crippen LogP contribution < -0.4 is 0 Å². The molecular formula is C11H12F3N5S. The van der Waals surface area contributed by atoms with Gasteiger partial charge in [-0.1, -0.05) is 13.8 Å². The Morgan fingerprint density at radius 3 is 2.50 bits per heavy atom. The zero-order chi connectivity index (χ0) is 14.9. The average molecular weight is 303 g/mol. The normalized spacial score (nSPS) is 12.2. The van der Waals surface area contributed by atoms with Gasteiger partial charge in [0.1, 0.15) is 11.5 Å². The van der Waals surface area contributed by atoms with Gasteiger partial charge in [-0.05, 0) is 17.8 Å². The molecule has 0 unspecified atom stereocenters. The predicted molar refractivity (Wildman–Crippen MR) is 66.2 cm³/mol. The van der Waals surface area contributed by atoms with Crippen molar-refractivity contribution in [2.45, 2.75) is 36.3 Å². The van der Waals surface area contributed by atoms with Crippen LogP contribution in [0.3, 0.4) is 0 Å². The third-order valence-corrected chi connectivity index (χ3v) is 3.41. The van der Waals surface area contributed by atoms with Crippen LogP contribution in [0.5, 0.6) is 0 Å². The Labute approximate surface area is 117 Å². The Kier molecular flexibility index (Phi) is 3.98. The van der Waals surface area contributed by atoms with E-state index in [9.17, 15) is 13.2 Å². The van der Waals surface area contributed by atoms with Gasteiger partial charge in [-0.15, -0.1) is 10.2 Å². The highest BCUT2D eigenvalue weighted by molar-refractivity contribution is 7.99. The summed E-state index contributed by atoms with van der Waals surface area (Å²) in [5.74, 6) is 0.920. The Balaban J connectivity index is 2.27. The molecule has 0 fully saturated rings. The van der Waals surface area contributed by atoms with Crippen LogP contribution in [0.25, 0.3) is 0 Å². The van der Waals surface area contributed by atoms with E-state index < -0.39 is 11.9 Å². The molecule has 108 valence electrons. The average Bonchev–Trinajstić information content (AvgIpc) is 2.70. The number of rotatable bonds is 3. The minimum absolute atomic E-state index is 0.00867. The first kappa shape index (κ1) is 14.8. The van der Waals surface area contributed by atoms with Gasteiger partial charge >= 0.3 is 6.18 Å². The Hall–Kier alpha value is -1.64. The van der Waals surface area contributed by atoms with E-state index in [1.54, 1.807) is 11.6 Å². The Morgan fingerprint density at radius 1 is 1.25 bits per heavy atom. The van der Waals surface area contributed by atoms with Crippen molar-refractivity contribution >= 4 is 11.8 Å². The molecule has 0 aliphatic heterocycles. The molecule has 0 radical (unpaired) electrons. The van der Waals surface area contributed by atoms with Gasteiger partial charge in [-0.25, -0.2) is 9.97 Å². The van der Waals surface area contributed by atoms with Crippen molar-refractivity contribution in [1.82, 2.24) is 24.7 Å². The monoisotopic (exact) mass is 303 g/mol. The second-order valence-electron chi connectivity index (χ2n) is 4.38. The van der Waals surface area contributed by atoms with Gasteiger partial charge < -0.3 is 4.57 Å². The topological polar surface area (TPSA) is 56.5 Å². The molecule has 2 aromatic rings. The molecule has 0 saturated heterocycles. The highest BCUT2D eigenvalue weighted by Gasteiger charge is 2.33.